The van der Waals surface area contributed by atoms with E-state index in [1.807, 2.05) is 38.3 Å². The van der Waals surface area contributed by atoms with Crippen LogP contribution in [-0.4, -0.2) is 37.5 Å². The van der Waals surface area contributed by atoms with E-state index in [-0.39, 0.29) is 11.2 Å². The number of amides is 1. The molecule has 1 amide bonds. The predicted octanol–water partition coefficient (Wildman–Crippen LogP) is 4.58. The summed E-state index contributed by atoms with van der Waals surface area (Å²) in [5.74, 6) is -0.232. The van der Waals surface area contributed by atoms with Crippen molar-refractivity contribution in [3.05, 3.63) is 52.7 Å². The van der Waals surface area contributed by atoms with Crippen LogP contribution in [0.25, 0.3) is 5.70 Å². The molecule has 8 nitrogen and oxygen atoms in total. The number of nitrogens with one attached hydrogen (secondary N) is 2. The number of carbonyl (C=O) groups excluding carboxylic acids is 1. The van der Waals surface area contributed by atoms with Crippen LogP contribution in [-0.2, 0) is 15.6 Å². The molecule has 0 aliphatic heterocycles. The normalized spacial score (nSPS) is 14.9. The van der Waals surface area contributed by atoms with Gasteiger partial charge in [-0.15, -0.1) is 11.3 Å². The van der Waals surface area contributed by atoms with Crippen LogP contribution in [0, 0.1) is 0 Å². The molecule has 33 heavy (non-hydrogen) atoms. The van der Waals surface area contributed by atoms with Gasteiger partial charge < -0.3 is 5.32 Å². The Morgan fingerprint density at radius 3 is 2.42 bits per heavy atom. The zero-order valence-electron chi connectivity index (χ0n) is 19.0. The molecule has 2 N–H and O–H groups in total. The number of thiazole rings is 1. The van der Waals surface area contributed by atoms with Gasteiger partial charge in [0, 0.05) is 22.7 Å². The number of carbonyl (C=O) groups is 1. The van der Waals surface area contributed by atoms with E-state index < -0.39 is 15.6 Å². The summed E-state index contributed by atoms with van der Waals surface area (Å²) in [4.78, 5) is 25.7. The van der Waals surface area contributed by atoms with Crippen molar-refractivity contribution in [2.75, 3.05) is 4.72 Å². The molecule has 1 aliphatic rings. The van der Waals surface area contributed by atoms with Crippen molar-refractivity contribution in [1.29, 1.82) is 0 Å². The van der Waals surface area contributed by atoms with Crippen molar-refractivity contribution in [2.24, 2.45) is 9.98 Å². The molecular weight excluding hydrogens is 458 g/mol. The lowest BCUT2D eigenvalue weighted by Gasteiger charge is -2.31. The number of benzene rings is 1. The van der Waals surface area contributed by atoms with Gasteiger partial charge >= 0.3 is 0 Å². The summed E-state index contributed by atoms with van der Waals surface area (Å²) in [6.07, 6.45) is 5.81. The first kappa shape index (κ1) is 24.8. The maximum atomic E-state index is 13.1. The van der Waals surface area contributed by atoms with Crippen molar-refractivity contribution in [3.8, 4) is 0 Å². The SMILES string of the molecule is C=N/C=C(\N=C/C)c1ccc(C(=O)NC(CC)(CC)c2csc(NS(=O)(=O)C3CC3)n2)cc1. The van der Waals surface area contributed by atoms with Gasteiger partial charge in [0.05, 0.1) is 28.4 Å². The Hall–Kier alpha value is -2.85. The minimum absolute atomic E-state index is 0.232. The van der Waals surface area contributed by atoms with Crippen LogP contribution in [0.1, 0.15) is 68.1 Å². The molecule has 3 rings (SSSR count). The molecule has 1 saturated carbocycles. The Bertz CT molecular complexity index is 1160. The summed E-state index contributed by atoms with van der Waals surface area (Å²) in [5.41, 5.74) is 1.91. The third kappa shape index (κ3) is 5.75. The van der Waals surface area contributed by atoms with Gasteiger partial charge in [0.15, 0.2) is 5.13 Å². The molecule has 0 saturated heterocycles. The van der Waals surface area contributed by atoms with E-state index in [2.05, 4.69) is 31.7 Å². The molecule has 10 heteroatoms. The fourth-order valence-electron chi connectivity index (χ4n) is 3.47. The number of rotatable bonds is 11. The zero-order valence-corrected chi connectivity index (χ0v) is 20.7. The number of hydrogen-bond acceptors (Lipinski definition) is 7. The first-order chi connectivity index (χ1) is 15.8. The second kappa shape index (κ2) is 10.4. The molecular formula is C23H29N5O3S2. The Morgan fingerprint density at radius 1 is 1.24 bits per heavy atom. The van der Waals surface area contributed by atoms with Crippen molar-refractivity contribution in [2.45, 2.75) is 57.2 Å². The lowest BCUT2D eigenvalue weighted by atomic mass is 9.89. The molecule has 0 unspecified atom stereocenters. The summed E-state index contributed by atoms with van der Waals surface area (Å²) in [7, 11) is -3.39. The highest BCUT2D eigenvalue weighted by Crippen LogP contribution is 2.34. The highest BCUT2D eigenvalue weighted by Gasteiger charge is 2.37. The van der Waals surface area contributed by atoms with Crippen LogP contribution in [0.4, 0.5) is 5.13 Å². The number of hydrogen-bond donors (Lipinski definition) is 2. The van der Waals surface area contributed by atoms with Gasteiger partial charge in [-0.25, -0.2) is 13.4 Å². The third-order valence-corrected chi connectivity index (χ3v) is 8.39. The predicted molar refractivity (Wildman–Crippen MR) is 136 cm³/mol. The van der Waals surface area contributed by atoms with E-state index >= 15 is 0 Å². The van der Waals surface area contributed by atoms with Gasteiger partial charge in [-0.1, -0.05) is 26.0 Å². The van der Waals surface area contributed by atoms with E-state index in [1.165, 1.54) is 11.3 Å². The van der Waals surface area contributed by atoms with Gasteiger partial charge in [-0.2, -0.15) is 0 Å². The van der Waals surface area contributed by atoms with Crippen LogP contribution in [0.5, 0.6) is 0 Å². The Balaban J connectivity index is 1.79. The van der Waals surface area contributed by atoms with E-state index in [9.17, 15) is 13.2 Å². The number of anilines is 1. The smallest absolute Gasteiger partial charge is 0.252 e. The van der Waals surface area contributed by atoms with Gasteiger partial charge in [-0.05, 0) is 51.5 Å². The maximum absolute atomic E-state index is 13.1. The topological polar surface area (TPSA) is 113 Å². The number of nitrogens with zero attached hydrogens (tertiary/aromatic N) is 3. The summed E-state index contributed by atoms with van der Waals surface area (Å²) in [6.45, 7) is 9.23. The van der Waals surface area contributed by atoms with Gasteiger partial charge in [0.25, 0.3) is 5.91 Å². The first-order valence-corrected chi connectivity index (χ1v) is 13.3. The lowest BCUT2D eigenvalue weighted by Crippen LogP contribution is -2.45. The van der Waals surface area contributed by atoms with Crippen LogP contribution in [0.3, 0.4) is 0 Å². The Kier molecular flexibility index (Phi) is 7.80. The van der Waals surface area contributed by atoms with E-state index in [0.29, 0.717) is 47.8 Å². The monoisotopic (exact) mass is 487 g/mol. The highest BCUT2D eigenvalue weighted by molar-refractivity contribution is 7.93. The molecule has 0 spiro atoms. The summed E-state index contributed by atoms with van der Waals surface area (Å²) in [6, 6.07) is 7.09. The number of aromatic nitrogens is 1. The average molecular weight is 488 g/mol. The van der Waals surface area contributed by atoms with Gasteiger partial charge in [0.2, 0.25) is 10.0 Å². The molecule has 1 aromatic carbocycles. The minimum Gasteiger partial charge on any atom is -0.341 e. The van der Waals surface area contributed by atoms with Crippen LogP contribution >= 0.6 is 11.3 Å². The first-order valence-electron chi connectivity index (χ1n) is 10.8. The average Bonchev–Trinajstić information content (AvgIpc) is 3.58. The van der Waals surface area contributed by atoms with E-state index in [0.717, 1.165) is 5.56 Å². The zero-order chi connectivity index (χ0) is 24.1. The Labute approximate surface area is 199 Å². The summed E-state index contributed by atoms with van der Waals surface area (Å²) >= 11 is 1.23. The molecule has 1 aromatic heterocycles. The van der Waals surface area contributed by atoms with Crippen LogP contribution in [0.2, 0.25) is 0 Å². The van der Waals surface area contributed by atoms with Crippen molar-refractivity contribution in [1.82, 2.24) is 10.3 Å². The molecule has 0 atom stereocenters. The fraction of sp³-hybridized carbons (Fsp3) is 0.391. The third-order valence-electron chi connectivity index (χ3n) is 5.67. The lowest BCUT2D eigenvalue weighted by molar-refractivity contribution is 0.0887. The maximum Gasteiger partial charge on any atom is 0.252 e. The van der Waals surface area contributed by atoms with Crippen molar-refractivity contribution in [3.63, 3.8) is 0 Å². The quantitative estimate of drug-likeness (QED) is 0.452. The molecule has 1 heterocycles. The van der Waals surface area contributed by atoms with Crippen LogP contribution < -0.4 is 10.0 Å². The second-order valence-corrected chi connectivity index (χ2v) is 10.6. The summed E-state index contributed by atoms with van der Waals surface area (Å²) < 4.78 is 27.1. The highest BCUT2D eigenvalue weighted by atomic mass is 32.2. The fourth-order valence-corrected chi connectivity index (χ4v) is 5.87. The van der Waals surface area contributed by atoms with E-state index in [1.54, 1.807) is 24.5 Å². The second-order valence-electron chi connectivity index (χ2n) is 7.79. The van der Waals surface area contributed by atoms with Crippen molar-refractivity contribution >= 4 is 51.0 Å². The molecule has 1 aliphatic carbocycles. The summed E-state index contributed by atoms with van der Waals surface area (Å²) in [5, 5.41) is 4.94. The number of sulfonamides is 1. The molecule has 0 bridgehead atoms. The molecule has 1 fully saturated rings. The molecule has 2 aromatic rings. The minimum atomic E-state index is -3.39. The largest absolute Gasteiger partial charge is 0.341 e. The molecule has 0 radical (unpaired) electrons. The Morgan fingerprint density at radius 2 is 1.88 bits per heavy atom. The molecule has 176 valence electrons. The van der Waals surface area contributed by atoms with Gasteiger partial charge in [0.1, 0.15) is 0 Å². The standard InChI is InChI=1S/C23H29N5O3S2/c1-5-23(6-2,20-15-32-22(26-20)28-33(30,31)18-12-13-18)27-21(29)17-10-8-16(9-11-17)19(14-24-4)25-7-3/h7-11,14-15,18H,4-6,12-13H2,1-3H3,(H,26,28)(H,27,29)/b19-14-,25-7-. The number of aliphatic imine (C=N–C) groups is 2. The van der Waals surface area contributed by atoms with Crippen molar-refractivity contribution < 1.29 is 13.2 Å². The van der Waals surface area contributed by atoms with E-state index in [4.69, 9.17) is 0 Å². The van der Waals surface area contributed by atoms with Crippen LogP contribution in [0.15, 0.2) is 45.8 Å². The van der Waals surface area contributed by atoms with Gasteiger partial charge in [-0.3, -0.25) is 19.5 Å².